The first kappa shape index (κ1) is 13.5. The molecule has 0 aliphatic carbocycles. The lowest BCUT2D eigenvalue weighted by molar-refractivity contribution is -0.141. The third-order valence-corrected chi connectivity index (χ3v) is 3.61. The number of halogens is 1. The average Bonchev–Trinajstić information content (AvgIpc) is 2.81. The lowest BCUT2D eigenvalue weighted by Crippen LogP contribution is -2.22. The van der Waals surface area contributed by atoms with Crippen molar-refractivity contribution >= 4 is 23.0 Å². The molecule has 1 atom stereocenters. The number of nitrogens with zero attached hydrogens (tertiary/aromatic N) is 1. The van der Waals surface area contributed by atoms with Crippen molar-refractivity contribution in [1.29, 1.82) is 0 Å². The lowest BCUT2D eigenvalue weighted by atomic mass is 10.2. The topological polar surface area (TPSA) is 51.2 Å². The van der Waals surface area contributed by atoms with Gasteiger partial charge < -0.3 is 10.1 Å². The molecule has 6 heteroatoms. The summed E-state index contributed by atoms with van der Waals surface area (Å²) in [5.41, 5.74) is 2.93. The number of anilines is 1. The lowest BCUT2D eigenvalue weighted by Gasteiger charge is -2.16. The van der Waals surface area contributed by atoms with E-state index in [0.29, 0.717) is 5.69 Å². The number of ether oxygens (including phenoxy) is 1. The van der Waals surface area contributed by atoms with Crippen LogP contribution in [-0.2, 0) is 9.53 Å². The third kappa shape index (κ3) is 3.08. The van der Waals surface area contributed by atoms with Gasteiger partial charge in [0.1, 0.15) is 5.82 Å². The van der Waals surface area contributed by atoms with Crippen LogP contribution in [0.2, 0.25) is 0 Å². The van der Waals surface area contributed by atoms with Gasteiger partial charge in [0.05, 0.1) is 23.2 Å². The van der Waals surface area contributed by atoms with Gasteiger partial charge in [-0.1, -0.05) is 6.07 Å². The van der Waals surface area contributed by atoms with E-state index in [1.807, 2.05) is 6.92 Å². The van der Waals surface area contributed by atoms with E-state index < -0.39 is 12.0 Å². The number of rotatable bonds is 4. The van der Waals surface area contributed by atoms with Crippen LogP contribution in [0.25, 0.3) is 0 Å². The van der Waals surface area contributed by atoms with Crippen molar-refractivity contribution < 1.29 is 13.9 Å². The molecule has 4 nitrogen and oxygen atoms in total. The van der Waals surface area contributed by atoms with Crippen molar-refractivity contribution in [2.24, 2.45) is 0 Å². The third-order valence-electron chi connectivity index (χ3n) is 2.62. The van der Waals surface area contributed by atoms with E-state index >= 15 is 0 Å². The molecular weight excluding hydrogens is 267 g/mol. The number of esters is 1. The van der Waals surface area contributed by atoms with Crippen LogP contribution in [0, 0.1) is 12.7 Å². The molecule has 1 N–H and O–H groups in total. The van der Waals surface area contributed by atoms with Gasteiger partial charge in [-0.15, -0.1) is 11.3 Å². The van der Waals surface area contributed by atoms with Gasteiger partial charge in [0.25, 0.3) is 0 Å². The van der Waals surface area contributed by atoms with Gasteiger partial charge >= 0.3 is 5.97 Å². The summed E-state index contributed by atoms with van der Waals surface area (Å²) in [6, 6.07) is 5.25. The van der Waals surface area contributed by atoms with Gasteiger partial charge in [0, 0.05) is 5.69 Å². The highest BCUT2D eigenvalue weighted by Gasteiger charge is 2.25. The molecule has 0 bridgehead atoms. The van der Waals surface area contributed by atoms with E-state index in [2.05, 4.69) is 10.3 Å². The van der Waals surface area contributed by atoms with Crippen LogP contribution >= 0.6 is 11.3 Å². The van der Waals surface area contributed by atoms with Crippen LogP contribution in [0.1, 0.15) is 16.6 Å². The first-order valence-corrected chi connectivity index (χ1v) is 6.49. The van der Waals surface area contributed by atoms with Crippen molar-refractivity contribution in [3.8, 4) is 0 Å². The average molecular weight is 280 g/mol. The molecule has 0 fully saturated rings. The Morgan fingerprint density at radius 2 is 2.32 bits per heavy atom. The second kappa shape index (κ2) is 5.79. The van der Waals surface area contributed by atoms with Crippen molar-refractivity contribution in [2.45, 2.75) is 13.0 Å². The number of carbonyl (C=O) groups excluding carboxylic acids is 1. The number of aryl methyl sites for hydroxylation is 1. The van der Waals surface area contributed by atoms with Gasteiger partial charge in [-0.05, 0) is 25.1 Å². The Labute approximate surface area is 114 Å². The van der Waals surface area contributed by atoms with E-state index in [0.717, 1.165) is 10.6 Å². The maximum absolute atomic E-state index is 13.2. The molecule has 0 amide bonds. The molecule has 2 aromatic rings. The Morgan fingerprint density at radius 1 is 1.53 bits per heavy atom. The molecule has 2 rings (SSSR count). The minimum atomic E-state index is -0.681. The van der Waals surface area contributed by atoms with Crippen molar-refractivity contribution in [3.05, 3.63) is 46.2 Å². The maximum atomic E-state index is 13.2. The summed E-state index contributed by atoms with van der Waals surface area (Å²) in [6.07, 6.45) is 0. The van der Waals surface area contributed by atoms with Crippen molar-refractivity contribution in [1.82, 2.24) is 4.98 Å². The highest BCUT2D eigenvalue weighted by atomic mass is 32.1. The molecule has 0 saturated carbocycles. The number of nitrogens with one attached hydrogen (secondary N) is 1. The van der Waals surface area contributed by atoms with Crippen LogP contribution in [0.3, 0.4) is 0 Å². The number of methoxy groups -OCH3 is 1. The molecule has 1 unspecified atom stereocenters. The van der Waals surface area contributed by atoms with Gasteiger partial charge in [-0.3, -0.25) is 0 Å². The quantitative estimate of drug-likeness (QED) is 0.875. The van der Waals surface area contributed by atoms with Gasteiger partial charge in [0.2, 0.25) is 0 Å². The largest absolute Gasteiger partial charge is 0.467 e. The Balaban J connectivity index is 2.29. The minimum Gasteiger partial charge on any atom is -0.467 e. The molecular formula is C13H13FN2O2S. The highest BCUT2D eigenvalue weighted by molar-refractivity contribution is 7.10. The molecule has 0 saturated heterocycles. The summed E-state index contributed by atoms with van der Waals surface area (Å²) >= 11 is 1.36. The van der Waals surface area contributed by atoms with Crippen LogP contribution in [-0.4, -0.2) is 18.1 Å². The Morgan fingerprint density at radius 3 is 2.89 bits per heavy atom. The Hall–Kier alpha value is -1.95. The predicted molar refractivity (Wildman–Crippen MR) is 71.6 cm³/mol. The van der Waals surface area contributed by atoms with Crippen LogP contribution in [0.5, 0.6) is 0 Å². The number of hydrogen-bond donors (Lipinski definition) is 1. The smallest absolute Gasteiger partial charge is 0.333 e. The summed E-state index contributed by atoms with van der Waals surface area (Å²) in [5, 5.41) is 2.97. The standard InChI is InChI=1S/C13H13FN2O2S/c1-8-12(19-7-15-8)11(13(17)18-2)16-10-5-3-4-9(14)6-10/h3-7,11,16H,1-2H3. The fraction of sp³-hybridized carbons (Fsp3) is 0.231. The van der Waals surface area contributed by atoms with Gasteiger partial charge in [0.15, 0.2) is 6.04 Å². The van der Waals surface area contributed by atoms with E-state index in [1.54, 1.807) is 17.6 Å². The van der Waals surface area contributed by atoms with Crippen LogP contribution < -0.4 is 5.32 Å². The zero-order valence-electron chi connectivity index (χ0n) is 10.5. The summed E-state index contributed by atoms with van der Waals surface area (Å²) < 4.78 is 17.9. The minimum absolute atomic E-state index is 0.366. The summed E-state index contributed by atoms with van der Waals surface area (Å²) in [6.45, 7) is 1.81. The molecule has 100 valence electrons. The zero-order valence-corrected chi connectivity index (χ0v) is 11.3. The molecule has 0 aliphatic heterocycles. The van der Waals surface area contributed by atoms with Gasteiger partial charge in [-0.2, -0.15) is 0 Å². The summed E-state index contributed by atoms with van der Waals surface area (Å²) in [7, 11) is 1.32. The first-order valence-electron chi connectivity index (χ1n) is 5.61. The van der Waals surface area contributed by atoms with Gasteiger partial charge in [-0.25, -0.2) is 14.2 Å². The molecule has 1 aromatic heterocycles. The molecule has 1 heterocycles. The van der Waals surface area contributed by atoms with E-state index in [-0.39, 0.29) is 5.82 Å². The summed E-state index contributed by atoms with van der Waals surface area (Å²) in [5.74, 6) is -0.800. The fourth-order valence-electron chi connectivity index (χ4n) is 1.68. The SMILES string of the molecule is COC(=O)C(Nc1cccc(F)c1)c1scnc1C. The Bertz CT molecular complexity index is 586. The predicted octanol–water partition coefficient (Wildman–Crippen LogP) is 2.92. The Kier molecular flexibility index (Phi) is 4.11. The van der Waals surface area contributed by atoms with E-state index in [9.17, 15) is 9.18 Å². The number of aromatic nitrogens is 1. The highest BCUT2D eigenvalue weighted by Crippen LogP contribution is 2.26. The molecule has 19 heavy (non-hydrogen) atoms. The number of hydrogen-bond acceptors (Lipinski definition) is 5. The molecule has 0 aliphatic rings. The van der Waals surface area contributed by atoms with E-state index in [4.69, 9.17) is 4.74 Å². The van der Waals surface area contributed by atoms with Crippen LogP contribution in [0.4, 0.5) is 10.1 Å². The van der Waals surface area contributed by atoms with Crippen molar-refractivity contribution in [2.75, 3.05) is 12.4 Å². The van der Waals surface area contributed by atoms with E-state index in [1.165, 1.54) is 30.6 Å². The van der Waals surface area contributed by atoms with Crippen molar-refractivity contribution in [3.63, 3.8) is 0 Å². The molecule has 1 aromatic carbocycles. The van der Waals surface area contributed by atoms with Crippen LogP contribution in [0.15, 0.2) is 29.8 Å². The number of thiazole rings is 1. The second-order valence-electron chi connectivity index (χ2n) is 3.91. The fourth-order valence-corrected chi connectivity index (χ4v) is 2.52. The zero-order chi connectivity index (χ0) is 13.8. The maximum Gasteiger partial charge on any atom is 0.333 e. The first-order chi connectivity index (χ1) is 9.11. The molecule has 0 radical (unpaired) electrons. The number of benzene rings is 1. The second-order valence-corrected chi connectivity index (χ2v) is 4.80. The number of carbonyl (C=O) groups is 1. The molecule has 0 spiro atoms. The summed E-state index contributed by atoms with van der Waals surface area (Å²) in [4.78, 5) is 16.7. The normalized spacial score (nSPS) is 11.9. The monoisotopic (exact) mass is 280 g/mol.